The van der Waals surface area contributed by atoms with Crippen LogP contribution < -0.4 is 5.46 Å². The van der Waals surface area contributed by atoms with Gasteiger partial charge in [0.25, 0.3) is 0 Å². The zero-order chi connectivity index (χ0) is 18.6. The van der Waals surface area contributed by atoms with Gasteiger partial charge < -0.3 is 14.0 Å². The summed E-state index contributed by atoms with van der Waals surface area (Å²) in [6.45, 7) is 12.8. The number of ether oxygens (including phenoxy) is 1. The second kappa shape index (κ2) is 5.91. The molecule has 0 bridgehead atoms. The molecule has 0 atom stereocenters. The first-order valence-corrected chi connectivity index (χ1v) is 9.11. The smallest absolute Gasteiger partial charge is 0.399 e. The quantitative estimate of drug-likeness (QED) is 0.788. The lowest BCUT2D eigenvalue weighted by atomic mass is 9.79. The lowest BCUT2D eigenvalue weighted by Gasteiger charge is -2.37. The molecule has 6 nitrogen and oxygen atoms in total. The molecule has 1 aromatic carbocycles. The molecule has 138 valence electrons. The van der Waals surface area contributed by atoms with Gasteiger partial charge in [-0.3, -0.25) is 4.68 Å². The van der Waals surface area contributed by atoms with E-state index >= 15 is 0 Å². The summed E-state index contributed by atoms with van der Waals surface area (Å²) in [5.74, 6) is 0. The van der Waals surface area contributed by atoms with E-state index < -0.39 is 0 Å². The van der Waals surface area contributed by atoms with Gasteiger partial charge in [-0.25, -0.2) is 0 Å². The Morgan fingerprint density at radius 2 is 1.62 bits per heavy atom. The van der Waals surface area contributed by atoms with Crippen LogP contribution in [0.25, 0.3) is 11.3 Å². The van der Waals surface area contributed by atoms with Crippen molar-refractivity contribution in [1.82, 2.24) is 15.0 Å². The second-order valence-corrected chi connectivity index (χ2v) is 8.82. The first-order valence-electron chi connectivity index (χ1n) is 9.11. The molecule has 3 heterocycles. The van der Waals surface area contributed by atoms with Gasteiger partial charge in [-0.05, 0) is 33.2 Å². The van der Waals surface area contributed by atoms with Crippen LogP contribution in [-0.2, 0) is 20.6 Å². The van der Waals surface area contributed by atoms with Gasteiger partial charge in [0, 0.05) is 11.0 Å². The van der Waals surface area contributed by atoms with E-state index in [0.717, 1.165) is 36.5 Å². The number of aromatic nitrogens is 3. The Kier molecular flexibility index (Phi) is 4.02. The highest BCUT2D eigenvalue weighted by atomic mass is 16.7. The van der Waals surface area contributed by atoms with Gasteiger partial charge in [0.15, 0.2) is 0 Å². The molecule has 2 fully saturated rings. The molecule has 0 aliphatic carbocycles. The molecular formula is C19H26BN3O3. The van der Waals surface area contributed by atoms with Gasteiger partial charge in [-0.2, -0.15) is 0 Å². The van der Waals surface area contributed by atoms with Gasteiger partial charge in [-0.15, -0.1) is 5.10 Å². The molecular weight excluding hydrogens is 329 g/mol. The fraction of sp³-hybridized carbons (Fsp3) is 0.579. The zero-order valence-electron chi connectivity index (χ0n) is 16.2. The average Bonchev–Trinajstić information content (AvgIpc) is 3.08. The number of rotatable bonds is 4. The Balaban J connectivity index is 1.48. The van der Waals surface area contributed by atoms with E-state index in [1.807, 2.05) is 35.1 Å². The highest BCUT2D eigenvalue weighted by Crippen LogP contribution is 2.36. The summed E-state index contributed by atoms with van der Waals surface area (Å²) in [4.78, 5) is 0. The Hall–Kier alpha value is -1.70. The maximum Gasteiger partial charge on any atom is 0.494 e. The summed E-state index contributed by atoms with van der Waals surface area (Å²) >= 11 is 0. The summed E-state index contributed by atoms with van der Waals surface area (Å²) in [5.41, 5.74) is 2.42. The molecule has 2 aliphatic heterocycles. The number of nitrogens with zero attached hydrogens (tertiary/aromatic N) is 3. The van der Waals surface area contributed by atoms with Crippen LogP contribution in [0.3, 0.4) is 0 Å². The summed E-state index contributed by atoms with van der Waals surface area (Å²) in [6.07, 6.45) is 1.99. The monoisotopic (exact) mass is 355 g/mol. The van der Waals surface area contributed by atoms with Gasteiger partial charge in [0.05, 0.1) is 37.2 Å². The van der Waals surface area contributed by atoms with E-state index in [2.05, 4.69) is 44.9 Å². The van der Waals surface area contributed by atoms with E-state index in [0.29, 0.717) is 0 Å². The molecule has 7 heteroatoms. The zero-order valence-corrected chi connectivity index (χ0v) is 16.2. The normalized spacial score (nSPS) is 23.0. The van der Waals surface area contributed by atoms with E-state index in [1.165, 1.54) is 0 Å². The molecule has 2 aromatic rings. The summed E-state index contributed by atoms with van der Waals surface area (Å²) in [5, 5.41) is 8.57. The largest absolute Gasteiger partial charge is 0.494 e. The fourth-order valence-corrected chi connectivity index (χ4v) is 3.23. The molecule has 4 rings (SSSR count). The van der Waals surface area contributed by atoms with Crippen LogP contribution in [0.2, 0.25) is 0 Å². The third kappa shape index (κ3) is 3.08. The Morgan fingerprint density at radius 1 is 1.00 bits per heavy atom. The van der Waals surface area contributed by atoms with Crippen molar-refractivity contribution in [3.63, 3.8) is 0 Å². The molecule has 2 aliphatic rings. The third-order valence-corrected chi connectivity index (χ3v) is 5.72. The maximum atomic E-state index is 6.11. The number of hydrogen-bond acceptors (Lipinski definition) is 5. The molecule has 26 heavy (non-hydrogen) atoms. The summed E-state index contributed by atoms with van der Waals surface area (Å²) in [7, 11) is -0.344. The van der Waals surface area contributed by atoms with Gasteiger partial charge in [-0.1, -0.05) is 36.4 Å². The average molecular weight is 355 g/mol. The van der Waals surface area contributed by atoms with E-state index in [9.17, 15) is 0 Å². The summed E-state index contributed by atoms with van der Waals surface area (Å²) < 4.78 is 19.4. The molecule has 0 N–H and O–H groups in total. The van der Waals surface area contributed by atoms with Crippen LogP contribution in [0.15, 0.2) is 30.5 Å². The standard InChI is InChI=1S/C19H26BN3O3/c1-17(2)18(3,4)26-20(25-17)15-8-6-14(7-9-15)16-10-23(22-21-16)11-19(5)12-24-13-19/h6-10H,11-13H2,1-5H3. The van der Waals surface area contributed by atoms with Crippen molar-refractivity contribution in [2.45, 2.75) is 52.4 Å². The first kappa shape index (κ1) is 17.7. The van der Waals surface area contributed by atoms with Crippen LogP contribution in [0, 0.1) is 5.41 Å². The third-order valence-electron chi connectivity index (χ3n) is 5.72. The lowest BCUT2D eigenvalue weighted by Crippen LogP contribution is -2.43. The van der Waals surface area contributed by atoms with Crippen molar-refractivity contribution < 1.29 is 14.0 Å². The maximum absolute atomic E-state index is 6.11. The molecule has 2 saturated heterocycles. The van der Waals surface area contributed by atoms with Gasteiger partial charge in [0.2, 0.25) is 0 Å². The van der Waals surface area contributed by atoms with E-state index in [1.54, 1.807) is 0 Å². The predicted octanol–water partition coefficient (Wildman–Crippen LogP) is 2.28. The van der Waals surface area contributed by atoms with Crippen molar-refractivity contribution in [3.05, 3.63) is 30.5 Å². The molecule has 0 unspecified atom stereocenters. The molecule has 0 amide bonds. The topological polar surface area (TPSA) is 58.4 Å². The lowest BCUT2D eigenvalue weighted by molar-refractivity contribution is -0.111. The predicted molar refractivity (Wildman–Crippen MR) is 100 cm³/mol. The van der Waals surface area contributed by atoms with Crippen LogP contribution in [0.4, 0.5) is 0 Å². The molecule has 0 radical (unpaired) electrons. The minimum Gasteiger partial charge on any atom is -0.399 e. The molecule has 0 saturated carbocycles. The van der Waals surface area contributed by atoms with Gasteiger partial charge >= 0.3 is 7.12 Å². The van der Waals surface area contributed by atoms with Crippen LogP contribution >= 0.6 is 0 Å². The Labute approximate surface area is 155 Å². The highest BCUT2D eigenvalue weighted by Gasteiger charge is 2.51. The van der Waals surface area contributed by atoms with Crippen LogP contribution in [-0.4, -0.2) is 46.5 Å². The van der Waals surface area contributed by atoms with Crippen molar-refractivity contribution in [2.75, 3.05) is 13.2 Å². The van der Waals surface area contributed by atoms with Crippen molar-refractivity contribution in [3.8, 4) is 11.3 Å². The first-order chi connectivity index (χ1) is 12.2. The second-order valence-electron chi connectivity index (χ2n) is 8.82. The minimum absolute atomic E-state index is 0.172. The van der Waals surface area contributed by atoms with Gasteiger partial charge in [0.1, 0.15) is 5.69 Å². The number of hydrogen-bond donors (Lipinski definition) is 0. The van der Waals surface area contributed by atoms with E-state index in [4.69, 9.17) is 14.0 Å². The SMILES string of the molecule is CC1(Cn2cc(-c3ccc(B4OC(C)(C)C(C)(C)O4)cc3)nn2)COC1. The number of benzene rings is 1. The van der Waals surface area contributed by atoms with Crippen LogP contribution in [0.1, 0.15) is 34.6 Å². The van der Waals surface area contributed by atoms with Crippen molar-refractivity contribution in [1.29, 1.82) is 0 Å². The summed E-state index contributed by atoms with van der Waals surface area (Å²) in [6, 6.07) is 8.17. The van der Waals surface area contributed by atoms with Crippen molar-refractivity contribution >= 4 is 12.6 Å². The minimum atomic E-state index is -0.344. The highest BCUT2D eigenvalue weighted by molar-refractivity contribution is 6.62. The Morgan fingerprint density at radius 3 is 2.15 bits per heavy atom. The van der Waals surface area contributed by atoms with Crippen molar-refractivity contribution in [2.24, 2.45) is 5.41 Å². The van der Waals surface area contributed by atoms with E-state index in [-0.39, 0.29) is 23.7 Å². The molecule has 0 spiro atoms. The van der Waals surface area contributed by atoms with Crippen LogP contribution in [0.5, 0.6) is 0 Å². The Bertz CT molecular complexity index is 781. The molecule has 1 aromatic heterocycles. The fourth-order valence-electron chi connectivity index (χ4n) is 3.23.